The van der Waals surface area contributed by atoms with Crippen LogP contribution in [0.3, 0.4) is 0 Å². The molecule has 2 N–H and O–H groups in total. The zero-order valence-electron chi connectivity index (χ0n) is 53.0. The smallest absolute Gasteiger partial charge is 0.0600 e. The van der Waals surface area contributed by atoms with Gasteiger partial charge in [0, 0.05) is 99.2 Å². The average molecular weight is 986 g/mol. The second-order valence-corrected chi connectivity index (χ2v) is 27.0. The molecule has 0 atom stereocenters. The lowest BCUT2D eigenvalue weighted by Gasteiger charge is -2.40. The quantitative estimate of drug-likeness (QED) is 0.123. The van der Waals surface area contributed by atoms with Crippen LogP contribution in [0.25, 0.3) is 0 Å². The van der Waals surface area contributed by atoms with Crippen LogP contribution >= 0.6 is 0 Å². The van der Waals surface area contributed by atoms with Gasteiger partial charge in [-0.05, 0) is 237 Å². The van der Waals surface area contributed by atoms with Crippen molar-refractivity contribution >= 4 is 0 Å². The number of nitrogens with zero attached hydrogens (tertiary/aromatic N) is 8. The second kappa shape index (κ2) is 35.7. The first-order chi connectivity index (χ1) is 31.2. The van der Waals surface area contributed by atoms with E-state index in [-0.39, 0.29) is 5.60 Å². The Bertz CT molecular complexity index is 1170. The van der Waals surface area contributed by atoms with Crippen LogP contribution in [0, 0.1) is 11.3 Å². The fourth-order valence-electron chi connectivity index (χ4n) is 7.23. The molecular formula is C58H132N10O. The molecule has 3 rings (SSSR count). The topological polar surface area (TPSA) is 59.2 Å². The van der Waals surface area contributed by atoms with E-state index < -0.39 is 0 Å². The fourth-order valence-corrected chi connectivity index (χ4v) is 7.23. The molecule has 3 fully saturated rings. The van der Waals surface area contributed by atoms with Gasteiger partial charge in [0.1, 0.15) is 0 Å². The number of nitrogens with one attached hydrogen (secondary N) is 2. The Hall–Kier alpha value is -0.440. The fraction of sp³-hybridized carbons (Fsp3) is 1.00. The van der Waals surface area contributed by atoms with Crippen molar-refractivity contribution < 1.29 is 4.74 Å². The minimum Gasteiger partial charge on any atom is -0.375 e. The normalized spacial score (nSPS) is 16.8. The van der Waals surface area contributed by atoms with E-state index in [2.05, 4.69) is 245 Å². The van der Waals surface area contributed by atoms with E-state index in [0.29, 0.717) is 46.2 Å². The highest BCUT2D eigenvalue weighted by atomic mass is 16.5. The molecular weight excluding hydrogens is 853 g/mol. The van der Waals surface area contributed by atoms with Crippen molar-refractivity contribution in [2.75, 3.05) is 143 Å². The first-order valence-corrected chi connectivity index (χ1v) is 27.8. The number of ether oxygens (including phenoxy) is 1. The Balaban J connectivity index is -0.000000760. The van der Waals surface area contributed by atoms with E-state index in [1.807, 2.05) is 14.1 Å². The average Bonchev–Trinajstić information content (AvgIpc) is 4.15. The van der Waals surface area contributed by atoms with Gasteiger partial charge in [0.05, 0.1) is 12.2 Å². The van der Waals surface area contributed by atoms with E-state index in [1.54, 1.807) is 0 Å². The summed E-state index contributed by atoms with van der Waals surface area (Å²) >= 11 is 0. The van der Waals surface area contributed by atoms with Gasteiger partial charge in [0.25, 0.3) is 0 Å². The second-order valence-electron chi connectivity index (χ2n) is 27.0. The van der Waals surface area contributed by atoms with Gasteiger partial charge in [-0.2, -0.15) is 0 Å². The van der Waals surface area contributed by atoms with Crippen LogP contribution < -0.4 is 10.6 Å². The van der Waals surface area contributed by atoms with Gasteiger partial charge in [-0.1, -0.05) is 34.6 Å². The number of piperidine rings is 1. The summed E-state index contributed by atoms with van der Waals surface area (Å²) in [4.78, 5) is 19.0. The van der Waals surface area contributed by atoms with E-state index in [1.165, 1.54) is 71.2 Å². The van der Waals surface area contributed by atoms with E-state index in [9.17, 15) is 0 Å². The predicted octanol–water partition coefficient (Wildman–Crippen LogP) is 10.0. The van der Waals surface area contributed by atoms with Crippen molar-refractivity contribution in [3.63, 3.8) is 0 Å². The summed E-state index contributed by atoms with van der Waals surface area (Å²) in [6, 6.07) is 3.48. The van der Waals surface area contributed by atoms with E-state index in [4.69, 9.17) is 4.74 Å². The first kappa shape index (κ1) is 72.8. The molecule has 0 radical (unpaired) electrons. The van der Waals surface area contributed by atoms with Gasteiger partial charge in [-0.15, -0.1) is 0 Å². The van der Waals surface area contributed by atoms with Crippen LogP contribution in [-0.4, -0.2) is 234 Å². The molecule has 2 saturated carbocycles. The molecule has 0 bridgehead atoms. The summed E-state index contributed by atoms with van der Waals surface area (Å²) in [5.74, 6) is 0.939. The van der Waals surface area contributed by atoms with Crippen LogP contribution in [0.5, 0.6) is 0 Å². The standard InChI is InChI=1S/2C11H24N2.C10H24N2.C9H22N2.C9H19N.C8H19NO/c1-10(2,3)13(6)11(7-8-11)9-12(4)5;1-11(2,3)13(5)9-8-12(4)10-6-7-10;1-9(2)11(5)7-8-12(6)10(3)4;1-8(2)10-6-7-11(5)9(3)4;1-9(2,3)8-4-6-10-7-5-8;1-8(2,3)10-7-6-9(4)5/h7-9H2,1-6H3;10H,6-9H2,1-5H3;9-10H,7-8H2,1-6H3;8-10H,6-7H2,1-5H3;8,10H,4-7H2,1-3H3;6-7H2,1-5H3. The molecule has 1 saturated heterocycles. The number of likely N-dealkylation sites (N-methyl/N-ethyl adjacent to an activating group) is 8. The lowest BCUT2D eigenvalue weighted by Crippen LogP contribution is -2.51. The van der Waals surface area contributed by atoms with Crippen molar-refractivity contribution in [2.45, 2.75) is 229 Å². The van der Waals surface area contributed by atoms with Crippen LogP contribution in [0.1, 0.15) is 177 Å². The van der Waals surface area contributed by atoms with Crippen molar-refractivity contribution in [2.24, 2.45) is 11.3 Å². The molecule has 0 unspecified atom stereocenters. The molecule has 2 aliphatic carbocycles. The SMILES string of the molecule is CC(C)(C)C1CCNCC1.CC(C)N(C)CCN(C)C(C)C.CC(C)NCCN(C)C(C)C.CN(C)CC1(N(C)C(C)(C)C)CC1.CN(C)CCOC(C)(C)C.CN(CCN(C)C(C)(C)C)C1CC1. The largest absolute Gasteiger partial charge is 0.375 e. The van der Waals surface area contributed by atoms with E-state index in [0.717, 1.165) is 51.3 Å². The number of hydrogen-bond acceptors (Lipinski definition) is 11. The molecule has 0 aromatic rings. The van der Waals surface area contributed by atoms with Crippen molar-refractivity contribution in [1.82, 2.24) is 49.8 Å². The maximum atomic E-state index is 5.50. The molecule has 1 heterocycles. The first-order valence-electron chi connectivity index (χ1n) is 27.8. The highest BCUT2D eigenvalue weighted by molar-refractivity contribution is 5.07. The summed E-state index contributed by atoms with van der Waals surface area (Å²) in [7, 11) is 21.7. The van der Waals surface area contributed by atoms with Crippen molar-refractivity contribution in [1.29, 1.82) is 0 Å². The molecule has 69 heavy (non-hydrogen) atoms. The predicted molar refractivity (Wildman–Crippen MR) is 312 cm³/mol. The lowest BCUT2D eigenvalue weighted by atomic mass is 9.76. The molecule has 11 nitrogen and oxygen atoms in total. The third-order valence-corrected chi connectivity index (χ3v) is 14.4. The maximum Gasteiger partial charge on any atom is 0.0600 e. The highest BCUT2D eigenvalue weighted by Crippen LogP contribution is 2.44. The molecule has 3 aliphatic rings. The van der Waals surface area contributed by atoms with Gasteiger partial charge in [0.15, 0.2) is 0 Å². The maximum absolute atomic E-state index is 5.50. The van der Waals surface area contributed by atoms with Gasteiger partial charge in [-0.25, -0.2) is 0 Å². The van der Waals surface area contributed by atoms with E-state index >= 15 is 0 Å². The molecule has 420 valence electrons. The third-order valence-electron chi connectivity index (χ3n) is 14.4. The van der Waals surface area contributed by atoms with Crippen molar-refractivity contribution in [3.8, 4) is 0 Å². The minimum atomic E-state index is 0.00993. The van der Waals surface area contributed by atoms with Crippen LogP contribution in [0.4, 0.5) is 0 Å². The van der Waals surface area contributed by atoms with Crippen molar-refractivity contribution in [3.05, 3.63) is 0 Å². The van der Waals surface area contributed by atoms with Crippen LogP contribution in [0.15, 0.2) is 0 Å². The molecule has 1 aliphatic heterocycles. The monoisotopic (exact) mass is 985 g/mol. The van der Waals surface area contributed by atoms with Gasteiger partial charge >= 0.3 is 0 Å². The van der Waals surface area contributed by atoms with Gasteiger partial charge < -0.3 is 49.7 Å². The third kappa shape index (κ3) is 41.6. The summed E-state index contributed by atoms with van der Waals surface area (Å²) in [5.41, 5.74) is 1.62. The molecule has 0 aromatic carbocycles. The highest BCUT2D eigenvalue weighted by Gasteiger charge is 2.49. The molecule has 0 spiro atoms. The molecule has 11 heteroatoms. The Morgan fingerprint density at radius 2 is 0.971 bits per heavy atom. The Morgan fingerprint density at radius 3 is 1.26 bits per heavy atom. The molecule has 0 aromatic heterocycles. The number of hydrogen-bond donors (Lipinski definition) is 2. The summed E-state index contributed by atoms with van der Waals surface area (Å²) in [6.45, 7) is 57.1. The number of rotatable bonds is 20. The Morgan fingerprint density at radius 1 is 0.536 bits per heavy atom. The summed E-state index contributed by atoms with van der Waals surface area (Å²) in [6.07, 6.45) is 8.27. The zero-order valence-corrected chi connectivity index (χ0v) is 53.0. The summed E-state index contributed by atoms with van der Waals surface area (Å²) < 4.78 is 5.50. The zero-order chi connectivity index (χ0) is 54.7. The van der Waals surface area contributed by atoms with Gasteiger partial charge in [-0.3, -0.25) is 4.90 Å². The van der Waals surface area contributed by atoms with Crippen LogP contribution in [0.2, 0.25) is 0 Å². The summed E-state index contributed by atoms with van der Waals surface area (Å²) in [5, 5.41) is 6.78. The van der Waals surface area contributed by atoms with Crippen LogP contribution in [-0.2, 0) is 4.74 Å². The van der Waals surface area contributed by atoms with Gasteiger partial charge in [0.2, 0.25) is 0 Å². The Labute approximate surface area is 436 Å². The Kier molecular flexibility index (Phi) is 37.7. The minimum absolute atomic E-state index is 0.00993. The molecule has 0 amide bonds. The lowest BCUT2D eigenvalue weighted by molar-refractivity contribution is -0.00871.